The van der Waals surface area contributed by atoms with Crippen molar-refractivity contribution in [2.75, 3.05) is 44.6 Å². The number of rotatable bonds is 6. The number of para-hydroxylation sites is 2. The van der Waals surface area contributed by atoms with Gasteiger partial charge < -0.3 is 20.3 Å². The Bertz CT molecular complexity index is 942. The molecule has 8 heteroatoms. The van der Waals surface area contributed by atoms with E-state index in [4.69, 9.17) is 4.74 Å². The first-order valence-electron chi connectivity index (χ1n) is 10.5. The van der Waals surface area contributed by atoms with E-state index in [2.05, 4.69) is 15.5 Å². The van der Waals surface area contributed by atoms with Crippen LogP contribution >= 0.6 is 0 Å². The fraction of sp³-hybridized carbons (Fsp3) is 0.348. The van der Waals surface area contributed by atoms with Gasteiger partial charge in [0.1, 0.15) is 18.4 Å². The Morgan fingerprint density at radius 3 is 2.45 bits per heavy atom. The third-order valence-electron chi connectivity index (χ3n) is 5.57. The lowest BCUT2D eigenvalue weighted by molar-refractivity contribution is -0.135. The Labute approximate surface area is 181 Å². The van der Waals surface area contributed by atoms with Crippen LogP contribution < -0.4 is 15.4 Å². The van der Waals surface area contributed by atoms with Crippen LogP contribution in [0.4, 0.5) is 5.69 Å². The third-order valence-corrected chi connectivity index (χ3v) is 5.57. The van der Waals surface area contributed by atoms with Crippen molar-refractivity contribution in [1.29, 1.82) is 0 Å². The number of carbonyl (C=O) groups is 3. The van der Waals surface area contributed by atoms with Crippen LogP contribution in [0.15, 0.2) is 54.6 Å². The van der Waals surface area contributed by atoms with Crippen LogP contribution in [0.1, 0.15) is 16.8 Å². The summed E-state index contributed by atoms with van der Waals surface area (Å²) in [5.41, 5.74) is 0.864. The Kier molecular flexibility index (Phi) is 6.47. The van der Waals surface area contributed by atoms with Crippen molar-refractivity contribution >= 4 is 23.4 Å². The van der Waals surface area contributed by atoms with E-state index in [1.54, 1.807) is 29.2 Å². The van der Waals surface area contributed by atoms with E-state index in [0.29, 0.717) is 30.9 Å². The second-order valence-corrected chi connectivity index (χ2v) is 7.65. The molecule has 2 aliphatic rings. The zero-order chi connectivity index (χ0) is 21.6. The third kappa shape index (κ3) is 5.21. The molecule has 1 atom stereocenters. The van der Waals surface area contributed by atoms with E-state index in [1.807, 2.05) is 30.3 Å². The summed E-state index contributed by atoms with van der Waals surface area (Å²) in [4.78, 5) is 41.7. The molecular formula is C23H26N4O4. The minimum Gasteiger partial charge on any atom is -0.492 e. The molecule has 0 radical (unpaired) electrons. The maximum absolute atomic E-state index is 12.8. The Morgan fingerprint density at radius 2 is 1.68 bits per heavy atom. The van der Waals surface area contributed by atoms with Crippen LogP contribution in [0.25, 0.3) is 0 Å². The van der Waals surface area contributed by atoms with Crippen molar-refractivity contribution in [2.45, 2.75) is 12.5 Å². The number of amides is 3. The normalized spacial score (nSPS) is 19.1. The van der Waals surface area contributed by atoms with Crippen LogP contribution in [0.5, 0.6) is 5.75 Å². The van der Waals surface area contributed by atoms with Crippen molar-refractivity contribution in [3.05, 3.63) is 60.2 Å². The van der Waals surface area contributed by atoms with E-state index in [1.165, 1.54) is 0 Å². The van der Waals surface area contributed by atoms with E-state index in [-0.39, 0.29) is 24.1 Å². The summed E-state index contributed by atoms with van der Waals surface area (Å²) in [5, 5.41) is 5.42. The fourth-order valence-electron chi connectivity index (χ4n) is 3.79. The fourth-order valence-corrected chi connectivity index (χ4v) is 3.79. The Hall–Kier alpha value is -3.39. The molecule has 2 heterocycles. The number of fused-ring (bicyclic) bond motifs is 1. The monoisotopic (exact) mass is 422 g/mol. The van der Waals surface area contributed by atoms with E-state index in [9.17, 15) is 14.4 Å². The topological polar surface area (TPSA) is 91.0 Å². The van der Waals surface area contributed by atoms with Crippen LogP contribution in [-0.2, 0) is 9.59 Å². The lowest BCUT2D eigenvalue weighted by Crippen LogP contribution is -2.52. The molecule has 0 bridgehead atoms. The Morgan fingerprint density at radius 1 is 0.968 bits per heavy atom. The molecule has 2 aliphatic heterocycles. The molecule has 0 aliphatic carbocycles. The van der Waals surface area contributed by atoms with Crippen molar-refractivity contribution in [3.63, 3.8) is 0 Å². The van der Waals surface area contributed by atoms with Crippen molar-refractivity contribution in [1.82, 2.24) is 15.1 Å². The zero-order valence-corrected chi connectivity index (χ0v) is 17.3. The van der Waals surface area contributed by atoms with E-state index < -0.39 is 6.04 Å². The second kappa shape index (κ2) is 9.61. The lowest BCUT2D eigenvalue weighted by Gasteiger charge is -2.35. The summed E-state index contributed by atoms with van der Waals surface area (Å²) in [6.07, 6.45) is -0.0529. The summed E-state index contributed by atoms with van der Waals surface area (Å²) in [7, 11) is 0. The van der Waals surface area contributed by atoms with Gasteiger partial charge >= 0.3 is 0 Å². The molecule has 4 rings (SSSR count). The number of anilines is 1. The minimum atomic E-state index is -0.885. The SMILES string of the molecule is O=C1N[C@H](CC(=O)N2CCN(CCOc3ccccc3)CC2)C(=O)Nc2ccccc21. The summed E-state index contributed by atoms with van der Waals surface area (Å²) in [6, 6.07) is 15.6. The highest BCUT2D eigenvalue weighted by Crippen LogP contribution is 2.19. The van der Waals surface area contributed by atoms with Gasteiger partial charge in [0.2, 0.25) is 11.8 Å². The standard InChI is InChI=1S/C23H26N4O4/c28-21(16-20-23(30)24-19-9-5-4-8-18(19)22(29)25-20)27-12-10-26(11-13-27)14-15-31-17-6-2-1-3-7-17/h1-9,20H,10-16H2,(H,24,30)(H,25,29)/t20-/m1/s1. The molecule has 1 saturated heterocycles. The van der Waals surface area contributed by atoms with Gasteiger partial charge in [-0.3, -0.25) is 19.3 Å². The van der Waals surface area contributed by atoms with Gasteiger partial charge in [-0.1, -0.05) is 30.3 Å². The maximum atomic E-state index is 12.8. The maximum Gasteiger partial charge on any atom is 0.254 e. The average molecular weight is 422 g/mol. The number of piperazine rings is 1. The number of benzene rings is 2. The van der Waals surface area contributed by atoms with E-state index >= 15 is 0 Å². The van der Waals surface area contributed by atoms with Gasteiger partial charge in [-0.2, -0.15) is 0 Å². The molecule has 0 unspecified atom stereocenters. The van der Waals surface area contributed by atoms with Crippen LogP contribution in [-0.4, -0.2) is 72.9 Å². The molecule has 3 amide bonds. The van der Waals surface area contributed by atoms with Gasteiger partial charge in [-0.25, -0.2) is 0 Å². The van der Waals surface area contributed by atoms with Crippen LogP contribution in [0, 0.1) is 0 Å². The highest BCUT2D eigenvalue weighted by atomic mass is 16.5. The van der Waals surface area contributed by atoms with Crippen LogP contribution in [0.3, 0.4) is 0 Å². The molecule has 2 N–H and O–H groups in total. The number of carbonyl (C=O) groups excluding carboxylic acids is 3. The van der Waals surface area contributed by atoms with Gasteiger partial charge in [0.25, 0.3) is 5.91 Å². The largest absolute Gasteiger partial charge is 0.492 e. The number of hydrogen-bond donors (Lipinski definition) is 2. The first-order valence-corrected chi connectivity index (χ1v) is 10.5. The quantitative estimate of drug-likeness (QED) is 0.734. The summed E-state index contributed by atoms with van der Waals surface area (Å²) < 4.78 is 5.74. The zero-order valence-electron chi connectivity index (χ0n) is 17.3. The molecular weight excluding hydrogens is 396 g/mol. The predicted octanol–water partition coefficient (Wildman–Crippen LogP) is 1.35. The lowest BCUT2D eigenvalue weighted by atomic mass is 10.1. The highest BCUT2D eigenvalue weighted by Gasteiger charge is 2.31. The number of ether oxygens (including phenoxy) is 1. The molecule has 2 aromatic carbocycles. The molecule has 8 nitrogen and oxygen atoms in total. The molecule has 1 fully saturated rings. The Balaban J connectivity index is 1.24. The molecule has 2 aromatic rings. The smallest absolute Gasteiger partial charge is 0.254 e. The van der Waals surface area contributed by atoms with Gasteiger partial charge in [0.15, 0.2) is 0 Å². The first-order chi connectivity index (χ1) is 15.1. The van der Waals surface area contributed by atoms with Gasteiger partial charge in [0, 0.05) is 32.7 Å². The highest BCUT2D eigenvalue weighted by molar-refractivity contribution is 6.10. The van der Waals surface area contributed by atoms with Gasteiger partial charge in [-0.15, -0.1) is 0 Å². The molecule has 31 heavy (non-hydrogen) atoms. The second-order valence-electron chi connectivity index (χ2n) is 7.65. The summed E-state index contributed by atoms with van der Waals surface area (Å²) >= 11 is 0. The number of nitrogens with one attached hydrogen (secondary N) is 2. The molecule has 0 spiro atoms. The molecule has 0 saturated carbocycles. The number of nitrogens with zero attached hydrogens (tertiary/aromatic N) is 2. The predicted molar refractivity (Wildman–Crippen MR) is 116 cm³/mol. The van der Waals surface area contributed by atoms with Gasteiger partial charge in [0.05, 0.1) is 17.7 Å². The average Bonchev–Trinajstić information content (AvgIpc) is 2.91. The minimum absolute atomic E-state index is 0.0529. The van der Waals surface area contributed by atoms with Crippen molar-refractivity contribution in [3.8, 4) is 5.75 Å². The molecule has 0 aromatic heterocycles. The number of hydrogen-bond acceptors (Lipinski definition) is 5. The van der Waals surface area contributed by atoms with Crippen molar-refractivity contribution in [2.24, 2.45) is 0 Å². The first kappa shape index (κ1) is 20.9. The van der Waals surface area contributed by atoms with E-state index in [0.717, 1.165) is 25.4 Å². The molecule has 162 valence electrons. The van der Waals surface area contributed by atoms with Crippen LogP contribution in [0.2, 0.25) is 0 Å². The summed E-state index contributed by atoms with van der Waals surface area (Å²) in [6.45, 7) is 4.06. The van der Waals surface area contributed by atoms with Crippen molar-refractivity contribution < 1.29 is 19.1 Å². The van der Waals surface area contributed by atoms with Gasteiger partial charge in [-0.05, 0) is 24.3 Å². The summed E-state index contributed by atoms with van der Waals surface area (Å²) in [5.74, 6) is -0.00730.